The van der Waals surface area contributed by atoms with Gasteiger partial charge in [-0.15, -0.1) is 0 Å². The Labute approximate surface area is 97.2 Å². The van der Waals surface area contributed by atoms with E-state index in [9.17, 15) is 13.2 Å². The van der Waals surface area contributed by atoms with Crippen LogP contribution in [0.15, 0.2) is 4.79 Å². The summed E-state index contributed by atoms with van der Waals surface area (Å²) in [7, 11) is -3.05. The second kappa shape index (κ2) is 5.26. The summed E-state index contributed by atoms with van der Waals surface area (Å²) in [6.45, 7) is 1.70. The van der Waals surface area contributed by atoms with Gasteiger partial charge >= 0.3 is 5.69 Å². The molecule has 1 heterocycles. The fourth-order valence-electron chi connectivity index (χ4n) is 0.900. The molecule has 0 spiro atoms. The van der Waals surface area contributed by atoms with E-state index in [4.69, 9.17) is 11.6 Å². The lowest BCUT2D eigenvalue weighted by molar-refractivity contribution is 0.597. The van der Waals surface area contributed by atoms with Crippen molar-refractivity contribution in [2.45, 2.75) is 6.92 Å². The number of hydrogen-bond acceptors (Lipinski definition) is 6. The van der Waals surface area contributed by atoms with E-state index in [1.165, 1.54) is 0 Å². The maximum absolute atomic E-state index is 11.1. The van der Waals surface area contributed by atoms with E-state index in [2.05, 4.69) is 20.3 Å². The number of halogens is 1. The minimum Gasteiger partial charge on any atom is -0.353 e. The van der Waals surface area contributed by atoms with E-state index in [0.29, 0.717) is 0 Å². The SMILES string of the molecule is CCS(=O)(=O)CCNc1nc(Cl)[nH]c(=O)n1. The summed E-state index contributed by atoms with van der Waals surface area (Å²) in [6, 6.07) is 0. The summed E-state index contributed by atoms with van der Waals surface area (Å²) < 4.78 is 22.3. The van der Waals surface area contributed by atoms with Gasteiger partial charge in [0, 0.05) is 12.3 Å². The fraction of sp³-hybridized carbons (Fsp3) is 0.571. The quantitative estimate of drug-likeness (QED) is 0.756. The number of H-pyrrole nitrogens is 1. The number of rotatable bonds is 5. The van der Waals surface area contributed by atoms with E-state index in [-0.39, 0.29) is 29.3 Å². The van der Waals surface area contributed by atoms with Gasteiger partial charge in [0.15, 0.2) is 9.84 Å². The van der Waals surface area contributed by atoms with Crippen LogP contribution in [0.5, 0.6) is 0 Å². The lowest BCUT2D eigenvalue weighted by atomic mass is 10.7. The first-order valence-electron chi connectivity index (χ1n) is 4.51. The summed E-state index contributed by atoms with van der Waals surface area (Å²) in [5.41, 5.74) is -0.638. The van der Waals surface area contributed by atoms with Gasteiger partial charge in [0.05, 0.1) is 5.75 Å². The zero-order valence-electron chi connectivity index (χ0n) is 8.53. The number of sulfone groups is 1. The van der Waals surface area contributed by atoms with Gasteiger partial charge in [-0.1, -0.05) is 6.92 Å². The molecule has 1 aromatic heterocycles. The number of aromatic amines is 1. The topological polar surface area (TPSA) is 105 Å². The van der Waals surface area contributed by atoms with E-state index < -0.39 is 15.5 Å². The number of hydrogen-bond donors (Lipinski definition) is 2. The predicted molar refractivity (Wildman–Crippen MR) is 60.5 cm³/mol. The molecule has 0 radical (unpaired) electrons. The molecule has 2 N–H and O–H groups in total. The van der Waals surface area contributed by atoms with Gasteiger partial charge in [-0.3, -0.25) is 4.98 Å². The average Bonchev–Trinajstić information content (AvgIpc) is 2.16. The van der Waals surface area contributed by atoms with Crippen LogP contribution in [0.25, 0.3) is 0 Å². The summed E-state index contributed by atoms with van der Waals surface area (Å²) in [5.74, 6) is 0.0446. The number of aromatic nitrogens is 3. The molecule has 0 amide bonds. The van der Waals surface area contributed by atoms with Crippen molar-refractivity contribution in [3.05, 3.63) is 15.8 Å². The first-order chi connectivity index (χ1) is 7.43. The van der Waals surface area contributed by atoms with Gasteiger partial charge in [0.1, 0.15) is 0 Å². The lowest BCUT2D eigenvalue weighted by Gasteiger charge is -2.03. The van der Waals surface area contributed by atoms with Crippen molar-refractivity contribution in [3.8, 4) is 0 Å². The number of nitrogens with one attached hydrogen (secondary N) is 2. The zero-order valence-corrected chi connectivity index (χ0v) is 10.1. The molecular weight excluding hydrogens is 256 g/mol. The molecule has 1 aromatic rings. The van der Waals surface area contributed by atoms with Crippen LogP contribution < -0.4 is 11.0 Å². The first kappa shape index (κ1) is 12.9. The third-order valence-corrected chi connectivity index (χ3v) is 3.64. The van der Waals surface area contributed by atoms with E-state index in [1.807, 2.05) is 0 Å². The molecule has 9 heteroatoms. The molecule has 0 bridgehead atoms. The Morgan fingerprint density at radius 3 is 2.69 bits per heavy atom. The maximum Gasteiger partial charge on any atom is 0.350 e. The zero-order chi connectivity index (χ0) is 12.2. The van der Waals surface area contributed by atoms with Crippen molar-refractivity contribution in [2.24, 2.45) is 0 Å². The van der Waals surface area contributed by atoms with Crippen LogP contribution in [0.4, 0.5) is 5.95 Å². The van der Waals surface area contributed by atoms with E-state index >= 15 is 0 Å². The lowest BCUT2D eigenvalue weighted by Crippen LogP contribution is -2.21. The molecular formula is C7H11ClN4O3S. The molecule has 0 aliphatic carbocycles. The van der Waals surface area contributed by atoms with Crippen LogP contribution in [-0.2, 0) is 9.84 Å². The highest BCUT2D eigenvalue weighted by Gasteiger charge is 2.07. The summed E-state index contributed by atoms with van der Waals surface area (Å²) >= 11 is 5.48. The fourth-order valence-corrected chi connectivity index (χ4v) is 1.76. The van der Waals surface area contributed by atoms with Crippen molar-refractivity contribution in [2.75, 3.05) is 23.4 Å². The Hall–Kier alpha value is -1.15. The Balaban J connectivity index is 2.59. The molecule has 90 valence electrons. The average molecular weight is 267 g/mol. The largest absolute Gasteiger partial charge is 0.353 e. The van der Waals surface area contributed by atoms with Gasteiger partial charge in [-0.25, -0.2) is 13.2 Å². The summed E-state index contributed by atoms with van der Waals surface area (Å²) in [4.78, 5) is 20.2. The van der Waals surface area contributed by atoms with Crippen molar-refractivity contribution >= 4 is 27.4 Å². The number of anilines is 1. The van der Waals surface area contributed by atoms with E-state index in [0.717, 1.165) is 0 Å². The van der Waals surface area contributed by atoms with Gasteiger partial charge < -0.3 is 5.32 Å². The molecule has 0 saturated carbocycles. The van der Waals surface area contributed by atoms with Crippen LogP contribution in [0.2, 0.25) is 5.28 Å². The molecule has 0 saturated heterocycles. The van der Waals surface area contributed by atoms with Gasteiger partial charge in [-0.05, 0) is 11.6 Å². The van der Waals surface area contributed by atoms with Crippen LogP contribution in [0.1, 0.15) is 6.92 Å². The van der Waals surface area contributed by atoms with Crippen LogP contribution >= 0.6 is 11.6 Å². The molecule has 0 unspecified atom stereocenters. The van der Waals surface area contributed by atoms with Crippen LogP contribution in [0, 0.1) is 0 Å². The van der Waals surface area contributed by atoms with Gasteiger partial charge in [0.25, 0.3) is 0 Å². The second-order valence-corrected chi connectivity index (χ2v) is 5.76. The van der Waals surface area contributed by atoms with Gasteiger partial charge in [-0.2, -0.15) is 9.97 Å². The van der Waals surface area contributed by atoms with Gasteiger partial charge in [0.2, 0.25) is 11.2 Å². The molecule has 1 rings (SSSR count). The molecule has 7 nitrogen and oxygen atoms in total. The monoisotopic (exact) mass is 266 g/mol. The third-order valence-electron chi connectivity index (χ3n) is 1.76. The minimum atomic E-state index is -3.05. The highest BCUT2D eigenvalue weighted by molar-refractivity contribution is 7.91. The Bertz CT molecular complexity index is 513. The van der Waals surface area contributed by atoms with Crippen molar-refractivity contribution < 1.29 is 8.42 Å². The van der Waals surface area contributed by atoms with Crippen molar-refractivity contribution in [3.63, 3.8) is 0 Å². The van der Waals surface area contributed by atoms with Crippen molar-refractivity contribution in [1.82, 2.24) is 15.0 Å². The van der Waals surface area contributed by atoms with Crippen LogP contribution in [-0.4, -0.2) is 41.4 Å². The molecule has 0 aliphatic heterocycles. The second-order valence-electron chi connectivity index (χ2n) is 2.93. The molecule has 0 aliphatic rings. The first-order valence-corrected chi connectivity index (χ1v) is 6.71. The molecule has 16 heavy (non-hydrogen) atoms. The highest BCUT2D eigenvalue weighted by Crippen LogP contribution is 1.99. The minimum absolute atomic E-state index is 0.0139. The highest BCUT2D eigenvalue weighted by atomic mass is 35.5. The number of nitrogens with zero attached hydrogens (tertiary/aromatic N) is 2. The normalized spacial score (nSPS) is 11.4. The molecule has 0 aromatic carbocycles. The summed E-state index contributed by atoms with van der Waals surface area (Å²) in [5, 5.41) is 2.51. The van der Waals surface area contributed by atoms with Crippen molar-refractivity contribution in [1.29, 1.82) is 0 Å². The molecule has 0 atom stereocenters. The Morgan fingerprint density at radius 2 is 2.12 bits per heavy atom. The summed E-state index contributed by atoms with van der Waals surface area (Å²) in [6.07, 6.45) is 0. The Morgan fingerprint density at radius 1 is 1.44 bits per heavy atom. The smallest absolute Gasteiger partial charge is 0.350 e. The van der Waals surface area contributed by atoms with E-state index in [1.54, 1.807) is 6.92 Å². The standard InChI is InChI=1S/C7H11ClN4O3S/c1-2-16(14,15)4-3-9-6-10-5(8)11-7(13)12-6/h2-4H2,1H3,(H2,9,10,11,12,13). The molecule has 0 fully saturated rings. The third kappa shape index (κ3) is 4.15. The van der Waals surface area contributed by atoms with Crippen LogP contribution in [0.3, 0.4) is 0 Å². The maximum atomic E-state index is 11.1. The Kier molecular flexibility index (Phi) is 4.25. The predicted octanol–water partition coefficient (Wildman–Crippen LogP) is -0.335.